The molecule has 0 saturated heterocycles. The van der Waals surface area contributed by atoms with E-state index in [1.54, 1.807) is 12.3 Å². The zero-order valence-electron chi connectivity index (χ0n) is 12.9. The molecule has 0 saturated carbocycles. The Labute approximate surface area is 151 Å². The zero-order valence-corrected chi connectivity index (χ0v) is 14.5. The van der Waals surface area contributed by atoms with E-state index >= 15 is 0 Å². The second-order valence-electron chi connectivity index (χ2n) is 5.02. The molecule has 1 aromatic heterocycles. The van der Waals surface area contributed by atoms with Crippen molar-refractivity contribution in [3.63, 3.8) is 0 Å². The van der Waals surface area contributed by atoms with E-state index in [0.717, 1.165) is 16.0 Å². The van der Waals surface area contributed by atoms with E-state index in [1.807, 2.05) is 30.3 Å². The molecule has 2 aromatic carbocycles. The number of aromatic nitrogens is 2. The topological polar surface area (TPSA) is 72.1 Å². The molecule has 3 rings (SSSR count). The number of hydrogen-bond acceptors (Lipinski definition) is 5. The van der Waals surface area contributed by atoms with Gasteiger partial charge in [-0.05, 0) is 24.3 Å². The third-order valence-electron chi connectivity index (χ3n) is 3.12. The lowest BCUT2D eigenvalue weighted by Gasteiger charge is -2.09. The van der Waals surface area contributed by atoms with Gasteiger partial charge in [0.25, 0.3) is 0 Å². The average Bonchev–Trinajstić information content (AvgIpc) is 3.03. The molecule has 5 nitrogen and oxygen atoms in total. The Kier molecular flexibility index (Phi) is 4.97. The van der Waals surface area contributed by atoms with Crippen molar-refractivity contribution in [2.45, 2.75) is 15.4 Å². The predicted octanol–water partition coefficient (Wildman–Crippen LogP) is 4.46. The molecule has 1 N–H and O–H groups in total. The van der Waals surface area contributed by atoms with Crippen LogP contribution in [-0.2, 0) is 10.1 Å². The van der Waals surface area contributed by atoms with Crippen molar-refractivity contribution in [1.29, 1.82) is 0 Å². The molecule has 0 bridgehead atoms. The maximum absolute atomic E-state index is 12.4. The summed E-state index contributed by atoms with van der Waals surface area (Å²) in [5.41, 5.74) is -5.10. The summed E-state index contributed by atoms with van der Waals surface area (Å²) in [6.45, 7) is 0. The molecule has 0 amide bonds. The van der Waals surface area contributed by atoms with Gasteiger partial charge in [-0.2, -0.15) is 21.6 Å². The third-order valence-corrected chi connectivity index (χ3v) is 5.03. The SMILES string of the molecule is O=S(=O)(Oc1cccc(-c2ncc(Sc3ccccc3)[nH]2)c1)C(F)(F)F. The first-order chi connectivity index (χ1) is 12.2. The summed E-state index contributed by atoms with van der Waals surface area (Å²) in [6, 6.07) is 14.7. The Morgan fingerprint density at radius 1 is 1.04 bits per heavy atom. The van der Waals surface area contributed by atoms with Gasteiger partial charge in [0.15, 0.2) is 0 Å². The van der Waals surface area contributed by atoms with Gasteiger partial charge in [-0.3, -0.25) is 0 Å². The van der Waals surface area contributed by atoms with E-state index in [-0.39, 0.29) is 0 Å². The highest BCUT2D eigenvalue weighted by Crippen LogP contribution is 2.31. The minimum atomic E-state index is -5.72. The zero-order chi connectivity index (χ0) is 18.8. The van der Waals surface area contributed by atoms with Crippen LogP contribution < -0.4 is 4.18 Å². The summed E-state index contributed by atoms with van der Waals surface area (Å²) >= 11 is 1.43. The van der Waals surface area contributed by atoms with Gasteiger partial charge in [-0.1, -0.05) is 42.1 Å². The Balaban J connectivity index is 1.81. The van der Waals surface area contributed by atoms with Gasteiger partial charge in [0.1, 0.15) is 11.6 Å². The minimum Gasteiger partial charge on any atom is -0.376 e. The normalized spacial score (nSPS) is 12.1. The molecular formula is C16H11F3N2O3S2. The van der Waals surface area contributed by atoms with E-state index < -0.39 is 21.4 Å². The molecule has 136 valence electrons. The maximum atomic E-state index is 12.4. The van der Waals surface area contributed by atoms with Crippen LogP contribution >= 0.6 is 11.8 Å². The lowest BCUT2D eigenvalue weighted by atomic mass is 10.2. The average molecular weight is 400 g/mol. The molecular weight excluding hydrogens is 389 g/mol. The van der Waals surface area contributed by atoms with E-state index in [4.69, 9.17) is 0 Å². The summed E-state index contributed by atoms with van der Waals surface area (Å²) in [6.07, 6.45) is 1.58. The fourth-order valence-corrected chi connectivity index (χ4v) is 3.24. The lowest BCUT2D eigenvalue weighted by molar-refractivity contribution is -0.0500. The van der Waals surface area contributed by atoms with Crippen LogP contribution in [0.1, 0.15) is 0 Å². The number of benzene rings is 2. The molecule has 0 aliphatic carbocycles. The van der Waals surface area contributed by atoms with Gasteiger partial charge in [0.05, 0.1) is 11.2 Å². The number of alkyl halides is 3. The molecule has 3 aromatic rings. The van der Waals surface area contributed by atoms with Crippen molar-refractivity contribution in [1.82, 2.24) is 9.97 Å². The molecule has 1 heterocycles. The molecule has 0 aliphatic rings. The van der Waals surface area contributed by atoms with Crippen molar-refractivity contribution < 1.29 is 25.8 Å². The van der Waals surface area contributed by atoms with Crippen LogP contribution in [0.25, 0.3) is 11.4 Å². The third kappa shape index (κ3) is 4.20. The quantitative estimate of drug-likeness (QED) is 0.506. The maximum Gasteiger partial charge on any atom is 0.534 e. The summed E-state index contributed by atoms with van der Waals surface area (Å²) < 4.78 is 63.6. The van der Waals surface area contributed by atoms with Crippen molar-refractivity contribution >= 4 is 21.9 Å². The summed E-state index contributed by atoms with van der Waals surface area (Å²) in [4.78, 5) is 8.17. The number of nitrogens with zero attached hydrogens (tertiary/aromatic N) is 1. The van der Waals surface area contributed by atoms with E-state index in [0.29, 0.717) is 11.4 Å². The highest BCUT2D eigenvalue weighted by Gasteiger charge is 2.48. The largest absolute Gasteiger partial charge is 0.534 e. The number of imidazole rings is 1. The molecule has 0 radical (unpaired) electrons. The number of hydrogen-bond donors (Lipinski definition) is 1. The van der Waals surface area contributed by atoms with Crippen molar-refractivity contribution in [3.8, 4) is 17.1 Å². The number of aromatic amines is 1. The Bertz CT molecular complexity index is 1000. The van der Waals surface area contributed by atoms with Crippen molar-refractivity contribution in [2.24, 2.45) is 0 Å². The van der Waals surface area contributed by atoms with Gasteiger partial charge >= 0.3 is 15.6 Å². The van der Waals surface area contributed by atoms with Crippen LogP contribution in [0.3, 0.4) is 0 Å². The lowest BCUT2D eigenvalue weighted by Crippen LogP contribution is -2.28. The van der Waals surface area contributed by atoms with E-state index in [9.17, 15) is 21.6 Å². The van der Waals surface area contributed by atoms with Crippen LogP contribution in [0.2, 0.25) is 0 Å². The van der Waals surface area contributed by atoms with Gasteiger partial charge in [-0.15, -0.1) is 0 Å². The number of rotatable bonds is 5. The van der Waals surface area contributed by atoms with Crippen LogP contribution in [-0.4, -0.2) is 23.9 Å². The smallest absolute Gasteiger partial charge is 0.376 e. The van der Waals surface area contributed by atoms with Gasteiger partial charge < -0.3 is 9.17 Å². The molecule has 0 unspecified atom stereocenters. The van der Waals surface area contributed by atoms with Crippen LogP contribution in [0.5, 0.6) is 5.75 Å². The van der Waals surface area contributed by atoms with Crippen LogP contribution in [0.15, 0.2) is 70.7 Å². The first-order valence-corrected chi connectivity index (χ1v) is 9.36. The monoisotopic (exact) mass is 400 g/mol. The van der Waals surface area contributed by atoms with Crippen molar-refractivity contribution in [2.75, 3.05) is 0 Å². The second-order valence-corrected chi connectivity index (χ2v) is 7.68. The molecule has 0 atom stereocenters. The van der Waals surface area contributed by atoms with Gasteiger partial charge in [0.2, 0.25) is 0 Å². The fourth-order valence-electron chi connectivity index (χ4n) is 1.99. The fraction of sp³-hybridized carbons (Fsp3) is 0.0625. The van der Waals surface area contributed by atoms with E-state index in [1.165, 1.54) is 23.9 Å². The number of halogens is 3. The Morgan fingerprint density at radius 2 is 1.77 bits per heavy atom. The molecule has 0 spiro atoms. The Hall–Kier alpha value is -2.46. The van der Waals surface area contributed by atoms with Gasteiger partial charge in [0, 0.05) is 10.5 Å². The summed E-state index contributed by atoms with van der Waals surface area (Å²) in [5, 5.41) is 0.723. The van der Waals surface area contributed by atoms with Crippen LogP contribution in [0.4, 0.5) is 13.2 Å². The molecule has 10 heteroatoms. The standard InChI is InChI=1S/C16H11F3N2O3S2/c17-16(18,19)26(22,23)24-12-6-4-5-11(9-12)15-20-10-14(21-15)25-13-7-2-1-3-8-13/h1-10H,(H,20,21). The second kappa shape index (κ2) is 7.04. The summed E-state index contributed by atoms with van der Waals surface area (Å²) in [5.74, 6) is -0.0771. The van der Waals surface area contributed by atoms with Crippen LogP contribution in [0, 0.1) is 0 Å². The number of nitrogens with one attached hydrogen (secondary N) is 1. The molecule has 26 heavy (non-hydrogen) atoms. The Morgan fingerprint density at radius 3 is 2.46 bits per heavy atom. The molecule has 0 fully saturated rings. The predicted molar refractivity (Wildman–Crippen MR) is 90.2 cm³/mol. The first kappa shape index (κ1) is 18.3. The summed E-state index contributed by atoms with van der Waals surface area (Å²) in [7, 11) is -5.72. The molecule has 0 aliphatic heterocycles. The highest BCUT2D eigenvalue weighted by molar-refractivity contribution is 7.99. The first-order valence-electron chi connectivity index (χ1n) is 7.14. The highest BCUT2D eigenvalue weighted by atomic mass is 32.2. The van der Waals surface area contributed by atoms with Gasteiger partial charge in [-0.25, -0.2) is 4.98 Å². The van der Waals surface area contributed by atoms with Crippen molar-refractivity contribution in [3.05, 3.63) is 60.8 Å². The minimum absolute atomic E-state index is 0.373. The van der Waals surface area contributed by atoms with E-state index in [2.05, 4.69) is 14.2 Å². The number of H-pyrrole nitrogens is 1.